The van der Waals surface area contributed by atoms with Crippen LogP contribution >= 0.6 is 11.3 Å². The van der Waals surface area contributed by atoms with E-state index in [9.17, 15) is 12.8 Å². The Hall–Kier alpha value is -3.79. The first kappa shape index (κ1) is 24.5. The van der Waals surface area contributed by atoms with Crippen molar-refractivity contribution in [1.29, 1.82) is 0 Å². The fourth-order valence-electron chi connectivity index (χ4n) is 4.82. The molecule has 3 heterocycles. The number of nitrogens with zero attached hydrogens (tertiary/aromatic N) is 2. The quantitative estimate of drug-likeness (QED) is 0.267. The Morgan fingerprint density at radius 3 is 2.55 bits per heavy atom. The Kier molecular flexibility index (Phi) is 6.57. The second kappa shape index (κ2) is 10.2. The number of halogens is 1. The highest BCUT2D eigenvalue weighted by molar-refractivity contribution is 7.91. The van der Waals surface area contributed by atoms with Crippen LogP contribution in [0.15, 0.2) is 106 Å². The van der Waals surface area contributed by atoms with E-state index in [0.717, 1.165) is 39.3 Å². The zero-order valence-corrected chi connectivity index (χ0v) is 21.9. The normalized spacial score (nSPS) is 15.4. The van der Waals surface area contributed by atoms with Crippen LogP contribution in [0.5, 0.6) is 0 Å². The molecular weight excluding hydrogens is 521 g/mol. The van der Waals surface area contributed by atoms with E-state index < -0.39 is 10.0 Å². The molecule has 0 bridgehead atoms. The summed E-state index contributed by atoms with van der Waals surface area (Å²) >= 11 is 1.15. The molecule has 1 aliphatic heterocycles. The van der Waals surface area contributed by atoms with E-state index >= 15 is 0 Å². The van der Waals surface area contributed by atoms with Gasteiger partial charge in [0.15, 0.2) is 12.2 Å². The van der Waals surface area contributed by atoms with Gasteiger partial charge in [0.1, 0.15) is 10.0 Å². The molecule has 0 fully saturated rings. The van der Waals surface area contributed by atoms with Crippen molar-refractivity contribution in [2.75, 3.05) is 11.4 Å². The van der Waals surface area contributed by atoms with Crippen molar-refractivity contribution in [2.45, 2.75) is 23.2 Å². The van der Waals surface area contributed by atoms with E-state index in [1.807, 2.05) is 24.3 Å². The zero-order valence-electron chi connectivity index (χ0n) is 20.2. The monoisotopic (exact) mass is 545 g/mol. The molecule has 6 nitrogen and oxygen atoms in total. The number of aromatic nitrogens is 1. The molecule has 38 heavy (non-hydrogen) atoms. The third kappa shape index (κ3) is 5.13. The van der Waals surface area contributed by atoms with E-state index in [4.69, 9.17) is 4.42 Å². The number of benzene rings is 3. The molecule has 192 valence electrons. The molecule has 5 aromatic rings. The topological polar surface area (TPSA) is 75.4 Å². The average molecular weight is 546 g/mol. The minimum Gasteiger partial charge on any atom is -0.443 e. The number of thiophene rings is 1. The molecule has 9 heteroatoms. The summed E-state index contributed by atoms with van der Waals surface area (Å²) < 4.78 is 48.7. The molecule has 1 atom stereocenters. The van der Waals surface area contributed by atoms with Crippen molar-refractivity contribution in [1.82, 2.24) is 9.71 Å². The van der Waals surface area contributed by atoms with Crippen molar-refractivity contribution >= 4 is 27.0 Å². The fraction of sp³-hybridized carbons (Fsp3) is 0.138. The summed E-state index contributed by atoms with van der Waals surface area (Å²) in [6, 6.07) is 25.7. The van der Waals surface area contributed by atoms with Gasteiger partial charge in [-0.1, -0.05) is 48.5 Å². The van der Waals surface area contributed by atoms with Gasteiger partial charge in [0.05, 0.1) is 11.1 Å². The van der Waals surface area contributed by atoms with Gasteiger partial charge in [-0.15, -0.1) is 11.3 Å². The smallest absolute Gasteiger partial charge is 0.250 e. The number of anilines is 1. The number of nitrogens with one attached hydrogen (secondary N) is 1. The molecule has 0 spiro atoms. The second-order valence-corrected chi connectivity index (χ2v) is 12.2. The molecule has 1 N–H and O–H groups in total. The summed E-state index contributed by atoms with van der Waals surface area (Å²) in [5.74, 6) is 0.251. The van der Waals surface area contributed by atoms with Crippen LogP contribution in [-0.2, 0) is 23.0 Å². The van der Waals surface area contributed by atoms with Crippen molar-refractivity contribution in [3.8, 4) is 21.8 Å². The summed E-state index contributed by atoms with van der Waals surface area (Å²) in [6.07, 6.45) is 3.42. The standard InChI is InChI=1S/C29H24FN3O3S2/c30-24-9-6-21(7-10-24)22-8-11-26-23(14-22)15-25(18-33(26)17-20-4-2-1-3-5-20)32-38(34,35)29-13-12-28(37-29)27-16-31-19-36-27/h1-14,16,19,25,32H,15,17-18H2. The molecule has 3 aromatic carbocycles. The molecule has 6 rings (SSSR count). The van der Waals surface area contributed by atoms with Crippen LogP contribution in [-0.4, -0.2) is 26.0 Å². The Bertz CT molecular complexity index is 1650. The van der Waals surface area contributed by atoms with Gasteiger partial charge in [0, 0.05) is 24.8 Å². The van der Waals surface area contributed by atoms with Gasteiger partial charge in [0.2, 0.25) is 10.0 Å². The summed E-state index contributed by atoms with van der Waals surface area (Å²) in [7, 11) is -3.76. The number of hydrogen-bond donors (Lipinski definition) is 1. The highest BCUT2D eigenvalue weighted by atomic mass is 32.2. The van der Waals surface area contributed by atoms with E-state index in [1.165, 1.54) is 18.5 Å². The maximum absolute atomic E-state index is 13.5. The lowest BCUT2D eigenvalue weighted by Gasteiger charge is -2.36. The summed E-state index contributed by atoms with van der Waals surface area (Å²) in [6.45, 7) is 1.17. The zero-order chi connectivity index (χ0) is 26.1. The Balaban J connectivity index is 1.30. The molecule has 2 aromatic heterocycles. The van der Waals surface area contributed by atoms with E-state index in [1.54, 1.807) is 30.5 Å². The van der Waals surface area contributed by atoms with Crippen molar-refractivity contribution < 1.29 is 17.2 Å². The lowest BCUT2D eigenvalue weighted by molar-refractivity contribution is 0.526. The maximum atomic E-state index is 13.5. The van der Waals surface area contributed by atoms with Gasteiger partial charge in [-0.2, -0.15) is 0 Å². The number of hydrogen-bond acceptors (Lipinski definition) is 6. The van der Waals surface area contributed by atoms with Crippen LogP contribution in [0.2, 0.25) is 0 Å². The first-order valence-electron chi connectivity index (χ1n) is 12.1. The molecule has 0 amide bonds. The van der Waals surface area contributed by atoms with Gasteiger partial charge in [0.25, 0.3) is 0 Å². The number of oxazole rings is 1. The molecule has 0 radical (unpaired) electrons. The third-order valence-corrected chi connectivity index (χ3v) is 9.68. The number of fused-ring (bicyclic) bond motifs is 1. The van der Waals surface area contributed by atoms with Crippen LogP contribution in [0.1, 0.15) is 11.1 Å². The summed E-state index contributed by atoms with van der Waals surface area (Å²) in [5.41, 5.74) is 5.11. The van der Waals surface area contributed by atoms with Crippen LogP contribution in [0.3, 0.4) is 0 Å². The molecule has 1 aliphatic rings. The molecule has 1 unspecified atom stereocenters. The summed E-state index contributed by atoms with van der Waals surface area (Å²) in [5, 5.41) is 0. The predicted molar refractivity (Wildman–Crippen MR) is 147 cm³/mol. The highest BCUT2D eigenvalue weighted by Gasteiger charge is 2.29. The van der Waals surface area contributed by atoms with Crippen LogP contribution in [0.25, 0.3) is 21.8 Å². The van der Waals surface area contributed by atoms with Gasteiger partial charge in [-0.3, -0.25) is 0 Å². The first-order valence-corrected chi connectivity index (χ1v) is 14.4. The first-order chi connectivity index (χ1) is 18.4. The third-order valence-electron chi connectivity index (χ3n) is 6.56. The lowest BCUT2D eigenvalue weighted by atomic mass is 9.94. The molecular formula is C29H24FN3O3S2. The fourth-order valence-corrected chi connectivity index (χ4v) is 7.32. The van der Waals surface area contributed by atoms with Gasteiger partial charge < -0.3 is 9.32 Å². The SMILES string of the molecule is O=S(=O)(NC1Cc2cc(-c3ccc(F)cc3)ccc2N(Cc2ccccc2)C1)c1ccc(-c2cnco2)s1. The summed E-state index contributed by atoms with van der Waals surface area (Å²) in [4.78, 5) is 6.82. The van der Waals surface area contributed by atoms with Gasteiger partial charge in [-0.05, 0) is 65.1 Å². The number of sulfonamides is 1. The van der Waals surface area contributed by atoms with Crippen LogP contribution in [0, 0.1) is 5.82 Å². The Morgan fingerprint density at radius 1 is 1.00 bits per heavy atom. The van der Waals surface area contributed by atoms with Gasteiger partial charge in [-0.25, -0.2) is 22.5 Å². The van der Waals surface area contributed by atoms with Crippen LogP contribution < -0.4 is 9.62 Å². The molecule has 0 saturated carbocycles. The number of rotatable bonds is 7. The minimum atomic E-state index is -3.76. The molecule has 0 saturated heterocycles. The van der Waals surface area contributed by atoms with E-state index in [-0.39, 0.29) is 16.1 Å². The van der Waals surface area contributed by atoms with Crippen molar-refractivity contribution in [3.63, 3.8) is 0 Å². The van der Waals surface area contributed by atoms with Crippen LogP contribution in [0.4, 0.5) is 10.1 Å². The van der Waals surface area contributed by atoms with Gasteiger partial charge >= 0.3 is 0 Å². The second-order valence-electron chi connectivity index (χ2n) is 9.22. The largest absolute Gasteiger partial charge is 0.443 e. The molecule has 0 aliphatic carbocycles. The van der Waals surface area contributed by atoms with Crippen molar-refractivity contribution in [3.05, 3.63) is 114 Å². The highest BCUT2D eigenvalue weighted by Crippen LogP contribution is 2.34. The predicted octanol–water partition coefficient (Wildman–Crippen LogP) is 6.12. The van der Waals surface area contributed by atoms with E-state index in [0.29, 0.717) is 30.1 Å². The van der Waals surface area contributed by atoms with E-state index in [2.05, 4.69) is 38.9 Å². The lowest BCUT2D eigenvalue weighted by Crippen LogP contribution is -2.47. The van der Waals surface area contributed by atoms with Crippen molar-refractivity contribution in [2.24, 2.45) is 0 Å². The minimum absolute atomic E-state index is 0.226. The maximum Gasteiger partial charge on any atom is 0.250 e. The average Bonchev–Trinajstić information content (AvgIpc) is 3.62. The Labute approximate surface area is 224 Å². The Morgan fingerprint density at radius 2 is 1.79 bits per heavy atom.